The molecule has 0 aliphatic rings. The zero-order chi connectivity index (χ0) is 14.1. The van der Waals surface area contributed by atoms with E-state index in [4.69, 9.17) is 19.9 Å². The number of unbranched alkanes of at least 4 members (excludes halogenated alkanes) is 2. The first-order valence-electron chi connectivity index (χ1n) is 6.78. The summed E-state index contributed by atoms with van der Waals surface area (Å²) in [5.74, 6) is 1.54. The second kappa shape index (κ2) is 8.77. The van der Waals surface area contributed by atoms with Gasteiger partial charge in [0.15, 0.2) is 0 Å². The van der Waals surface area contributed by atoms with Crippen LogP contribution < -0.4 is 15.2 Å². The quantitative estimate of drug-likeness (QED) is 0.699. The van der Waals surface area contributed by atoms with Crippen molar-refractivity contribution in [1.82, 2.24) is 0 Å². The number of nitrogens with two attached hydrogens (primary N) is 1. The molecule has 0 saturated heterocycles. The van der Waals surface area contributed by atoms with Crippen LogP contribution in [0.3, 0.4) is 0 Å². The lowest BCUT2D eigenvalue weighted by Crippen LogP contribution is -2.18. The highest BCUT2D eigenvalue weighted by Crippen LogP contribution is 2.28. The van der Waals surface area contributed by atoms with Crippen LogP contribution in [0.5, 0.6) is 11.5 Å². The minimum Gasteiger partial charge on any atom is -0.497 e. The van der Waals surface area contributed by atoms with Crippen LogP contribution in [0.15, 0.2) is 18.2 Å². The van der Waals surface area contributed by atoms with E-state index in [0.717, 1.165) is 30.1 Å². The van der Waals surface area contributed by atoms with E-state index in [-0.39, 0.29) is 6.04 Å². The Morgan fingerprint density at radius 1 is 1.16 bits per heavy atom. The van der Waals surface area contributed by atoms with Crippen LogP contribution in [0.4, 0.5) is 0 Å². The summed E-state index contributed by atoms with van der Waals surface area (Å²) in [6.45, 7) is 3.42. The first-order valence-corrected chi connectivity index (χ1v) is 6.78. The molecule has 0 aromatic heterocycles. The second-order valence-electron chi connectivity index (χ2n) is 4.50. The Balaban J connectivity index is 2.56. The molecule has 1 aromatic rings. The van der Waals surface area contributed by atoms with Gasteiger partial charge in [-0.1, -0.05) is 19.8 Å². The molecule has 1 aromatic carbocycles. The molecule has 0 heterocycles. The van der Waals surface area contributed by atoms with Crippen molar-refractivity contribution in [2.24, 2.45) is 5.73 Å². The van der Waals surface area contributed by atoms with Crippen molar-refractivity contribution >= 4 is 0 Å². The van der Waals surface area contributed by atoms with Crippen molar-refractivity contribution in [3.8, 4) is 11.5 Å². The predicted molar refractivity (Wildman–Crippen MR) is 76.8 cm³/mol. The molecule has 0 amide bonds. The summed E-state index contributed by atoms with van der Waals surface area (Å²) in [7, 11) is 3.28. The molecule has 4 nitrogen and oxygen atoms in total. The molecule has 19 heavy (non-hydrogen) atoms. The third-order valence-electron chi connectivity index (χ3n) is 3.03. The van der Waals surface area contributed by atoms with Crippen molar-refractivity contribution in [1.29, 1.82) is 0 Å². The van der Waals surface area contributed by atoms with Crippen LogP contribution in [-0.2, 0) is 4.74 Å². The van der Waals surface area contributed by atoms with Gasteiger partial charge in [-0.05, 0) is 24.6 Å². The SMILES string of the molecule is CCCCCOCC(N)c1cc(OC)ccc1OC. The molecule has 1 rings (SSSR count). The number of rotatable bonds is 9. The highest BCUT2D eigenvalue weighted by atomic mass is 16.5. The van der Waals surface area contributed by atoms with E-state index >= 15 is 0 Å². The van der Waals surface area contributed by atoms with Gasteiger partial charge < -0.3 is 19.9 Å². The van der Waals surface area contributed by atoms with Crippen LogP contribution in [-0.4, -0.2) is 27.4 Å². The summed E-state index contributed by atoms with van der Waals surface area (Å²) < 4.78 is 16.1. The molecule has 0 saturated carbocycles. The molecule has 108 valence electrons. The van der Waals surface area contributed by atoms with Crippen molar-refractivity contribution in [3.05, 3.63) is 23.8 Å². The molecule has 4 heteroatoms. The minimum absolute atomic E-state index is 0.202. The van der Waals surface area contributed by atoms with Gasteiger partial charge in [0.25, 0.3) is 0 Å². The van der Waals surface area contributed by atoms with Crippen molar-refractivity contribution in [2.75, 3.05) is 27.4 Å². The molecule has 2 N–H and O–H groups in total. The van der Waals surface area contributed by atoms with Gasteiger partial charge in [0, 0.05) is 12.2 Å². The highest BCUT2D eigenvalue weighted by molar-refractivity contribution is 5.42. The molecule has 1 atom stereocenters. The number of ether oxygens (including phenoxy) is 3. The largest absolute Gasteiger partial charge is 0.497 e. The number of hydrogen-bond donors (Lipinski definition) is 1. The maximum atomic E-state index is 6.15. The summed E-state index contributed by atoms with van der Waals surface area (Å²) >= 11 is 0. The highest BCUT2D eigenvalue weighted by Gasteiger charge is 2.13. The molecule has 1 unspecified atom stereocenters. The third kappa shape index (κ3) is 5.09. The van der Waals surface area contributed by atoms with Crippen molar-refractivity contribution < 1.29 is 14.2 Å². The number of methoxy groups -OCH3 is 2. The second-order valence-corrected chi connectivity index (χ2v) is 4.50. The van der Waals surface area contributed by atoms with E-state index in [1.165, 1.54) is 12.8 Å². The number of hydrogen-bond acceptors (Lipinski definition) is 4. The summed E-state index contributed by atoms with van der Waals surface area (Å²) in [4.78, 5) is 0. The van der Waals surface area contributed by atoms with Crippen LogP contribution >= 0.6 is 0 Å². The smallest absolute Gasteiger partial charge is 0.123 e. The molecule has 0 aliphatic heterocycles. The van der Waals surface area contributed by atoms with Gasteiger partial charge in [0.05, 0.1) is 26.9 Å². The van der Waals surface area contributed by atoms with Gasteiger partial charge in [-0.2, -0.15) is 0 Å². The fourth-order valence-electron chi connectivity index (χ4n) is 1.88. The zero-order valence-corrected chi connectivity index (χ0v) is 12.1. The van der Waals surface area contributed by atoms with Crippen LogP contribution in [0.1, 0.15) is 37.8 Å². The Morgan fingerprint density at radius 3 is 2.58 bits per heavy atom. The molecule has 0 radical (unpaired) electrons. The zero-order valence-electron chi connectivity index (χ0n) is 12.1. The van der Waals surface area contributed by atoms with Gasteiger partial charge in [-0.3, -0.25) is 0 Å². The lowest BCUT2D eigenvalue weighted by Gasteiger charge is -2.17. The van der Waals surface area contributed by atoms with E-state index in [0.29, 0.717) is 6.61 Å². The fourth-order valence-corrected chi connectivity index (χ4v) is 1.88. The molecule has 0 spiro atoms. The summed E-state index contributed by atoms with van der Waals surface area (Å²) in [6.07, 6.45) is 3.47. The minimum atomic E-state index is -0.202. The van der Waals surface area contributed by atoms with Crippen molar-refractivity contribution in [3.63, 3.8) is 0 Å². The molecule has 0 bridgehead atoms. The fraction of sp³-hybridized carbons (Fsp3) is 0.600. The number of benzene rings is 1. The molecule has 0 aliphatic carbocycles. The van der Waals surface area contributed by atoms with Crippen LogP contribution in [0.25, 0.3) is 0 Å². The topological polar surface area (TPSA) is 53.7 Å². The Labute approximate surface area is 115 Å². The van der Waals surface area contributed by atoms with Gasteiger partial charge >= 0.3 is 0 Å². The van der Waals surface area contributed by atoms with E-state index in [1.807, 2.05) is 18.2 Å². The summed E-state index contributed by atoms with van der Waals surface area (Å²) in [6, 6.07) is 5.42. The predicted octanol–water partition coefficient (Wildman–Crippen LogP) is 2.91. The Hall–Kier alpha value is -1.26. The van der Waals surface area contributed by atoms with E-state index < -0.39 is 0 Å². The monoisotopic (exact) mass is 267 g/mol. The lowest BCUT2D eigenvalue weighted by molar-refractivity contribution is 0.116. The Morgan fingerprint density at radius 2 is 1.95 bits per heavy atom. The first kappa shape index (κ1) is 15.8. The Kier molecular flexibility index (Phi) is 7.30. The maximum absolute atomic E-state index is 6.15. The third-order valence-corrected chi connectivity index (χ3v) is 3.03. The maximum Gasteiger partial charge on any atom is 0.123 e. The Bertz CT molecular complexity index is 368. The molecule has 0 fully saturated rings. The van der Waals surface area contributed by atoms with Gasteiger partial charge in [0.1, 0.15) is 11.5 Å². The first-order chi connectivity index (χ1) is 9.22. The average molecular weight is 267 g/mol. The van der Waals surface area contributed by atoms with Gasteiger partial charge in [0.2, 0.25) is 0 Å². The molecular weight excluding hydrogens is 242 g/mol. The average Bonchev–Trinajstić information content (AvgIpc) is 2.46. The normalized spacial score (nSPS) is 12.2. The van der Waals surface area contributed by atoms with Crippen molar-refractivity contribution in [2.45, 2.75) is 32.2 Å². The van der Waals surface area contributed by atoms with Crippen LogP contribution in [0.2, 0.25) is 0 Å². The van der Waals surface area contributed by atoms with E-state index in [2.05, 4.69) is 6.92 Å². The van der Waals surface area contributed by atoms with Crippen LogP contribution in [0, 0.1) is 0 Å². The lowest BCUT2D eigenvalue weighted by atomic mass is 10.1. The van der Waals surface area contributed by atoms with E-state index in [1.54, 1.807) is 14.2 Å². The van der Waals surface area contributed by atoms with Gasteiger partial charge in [-0.25, -0.2) is 0 Å². The summed E-state index contributed by atoms with van der Waals surface area (Å²) in [5.41, 5.74) is 7.06. The van der Waals surface area contributed by atoms with Gasteiger partial charge in [-0.15, -0.1) is 0 Å². The summed E-state index contributed by atoms with van der Waals surface area (Å²) in [5, 5.41) is 0. The van der Waals surface area contributed by atoms with E-state index in [9.17, 15) is 0 Å². The standard InChI is InChI=1S/C15H25NO3/c1-4-5-6-9-19-11-14(16)13-10-12(17-2)7-8-15(13)18-3/h7-8,10,14H,4-6,9,11,16H2,1-3H3. The molecular formula is C15H25NO3.